The minimum absolute atomic E-state index is 0.0473. The average molecular weight is 365 g/mol. The minimum atomic E-state index is 0.0473. The van der Waals surface area contributed by atoms with Gasteiger partial charge in [-0.2, -0.15) is 0 Å². The number of thioether (sulfide) groups is 1. The smallest absolute Gasteiger partial charge is 0.230 e. The Bertz CT molecular complexity index is 922. The first-order chi connectivity index (χ1) is 12.5. The summed E-state index contributed by atoms with van der Waals surface area (Å²) in [7, 11) is 0. The number of hydrogen-bond donors (Lipinski definition) is 1. The van der Waals surface area contributed by atoms with E-state index < -0.39 is 0 Å². The van der Waals surface area contributed by atoms with E-state index in [0.717, 1.165) is 17.0 Å². The van der Waals surface area contributed by atoms with Gasteiger partial charge < -0.3 is 5.32 Å². The molecule has 4 heteroatoms. The lowest BCUT2D eigenvalue weighted by Crippen LogP contribution is -2.27. The Labute approximate surface area is 159 Å². The third kappa shape index (κ3) is 4.64. The fraction of sp³-hybridized carbons (Fsp3) is 0.273. The monoisotopic (exact) mass is 364 g/mol. The van der Waals surface area contributed by atoms with Gasteiger partial charge in [0.05, 0.1) is 16.3 Å². The molecule has 0 aliphatic heterocycles. The number of benzene rings is 2. The van der Waals surface area contributed by atoms with Crippen molar-refractivity contribution in [2.75, 3.05) is 12.3 Å². The zero-order chi connectivity index (χ0) is 18.5. The van der Waals surface area contributed by atoms with Gasteiger partial charge in [0.25, 0.3) is 0 Å². The quantitative estimate of drug-likeness (QED) is 0.650. The van der Waals surface area contributed by atoms with Crippen molar-refractivity contribution in [3.63, 3.8) is 0 Å². The molecule has 2 aromatic carbocycles. The van der Waals surface area contributed by atoms with Crippen LogP contribution in [-0.4, -0.2) is 23.2 Å². The van der Waals surface area contributed by atoms with Crippen LogP contribution in [0.15, 0.2) is 53.6 Å². The molecular formula is C22H24N2OS. The van der Waals surface area contributed by atoms with Crippen molar-refractivity contribution in [3.8, 4) is 0 Å². The summed E-state index contributed by atoms with van der Waals surface area (Å²) < 4.78 is 0. The molecule has 26 heavy (non-hydrogen) atoms. The van der Waals surface area contributed by atoms with Gasteiger partial charge in [-0.05, 0) is 56.0 Å². The molecule has 1 heterocycles. The molecule has 0 atom stereocenters. The Morgan fingerprint density at radius 3 is 2.58 bits per heavy atom. The molecule has 0 spiro atoms. The van der Waals surface area contributed by atoms with E-state index >= 15 is 0 Å². The Morgan fingerprint density at radius 2 is 1.81 bits per heavy atom. The third-order valence-electron chi connectivity index (χ3n) is 4.36. The Morgan fingerprint density at radius 1 is 1.04 bits per heavy atom. The first kappa shape index (κ1) is 18.5. The highest BCUT2D eigenvalue weighted by Gasteiger charge is 2.09. The van der Waals surface area contributed by atoms with Crippen molar-refractivity contribution in [3.05, 3.63) is 70.8 Å². The van der Waals surface area contributed by atoms with Gasteiger partial charge in [-0.25, -0.2) is 4.98 Å². The molecule has 0 saturated heterocycles. The molecule has 1 aromatic heterocycles. The Hall–Kier alpha value is -2.33. The summed E-state index contributed by atoms with van der Waals surface area (Å²) in [5, 5.41) is 5.08. The number of carbonyl (C=O) groups excluding carboxylic acids is 1. The predicted molar refractivity (Wildman–Crippen MR) is 110 cm³/mol. The first-order valence-corrected chi connectivity index (χ1v) is 9.83. The first-order valence-electron chi connectivity index (χ1n) is 8.85. The summed E-state index contributed by atoms with van der Waals surface area (Å²) >= 11 is 1.49. The molecule has 0 bridgehead atoms. The molecule has 0 radical (unpaired) electrons. The molecule has 0 unspecified atom stereocenters. The predicted octanol–water partition coefficient (Wildman–Crippen LogP) is 4.61. The molecular weight excluding hydrogens is 340 g/mol. The molecule has 3 rings (SSSR count). The highest BCUT2D eigenvalue weighted by atomic mass is 32.2. The van der Waals surface area contributed by atoms with E-state index in [1.807, 2.05) is 18.2 Å². The van der Waals surface area contributed by atoms with Crippen LogP contribution < -0.4 is 5.32 Å². The van der Waals surface area contributed by atoms with E-state index in [4.69, 9.17) is 4.98 Å². The topological polar surface area (TPSA) is 42.0 Å². The van der Waals surface area contributed by atoms with Crippen LogP contribution >= 0.6 is 11.8 Å². The van der Waals surface area contributed by atoms with E-state index in [2.05, 4.69) is 56.4 Å². The van der Waals surface area contributed by atoms with Crippen LogP contribution in [0, 0.1) is 20.8 Å². The van der Waals surface area contributed by atoms with Crippen LogP contribution in [0.4, 0.5) is 0 Å². The number of nitrogens with zero attached hydrogens (tertiary/aromatic N) is 1. The van der Waals surface area contributed by atoms with E-state index in [0.29, 0.717) is 12.3 Å². The summed E-state index contributed by atoms with van der Waals surface area (Å²) in [6, 6.07) is 16.6. The van der Waals surface area contributed by atoms with Crippen LogP contribution in [0.1, 0.15) is 22.3 Å². The molecule has 0 aliphatic carbocycles. The number of aryl methyl sites for hydroxylation is 3. The lowest BCUT2D eigenvalue weighted by molar-refractivity contribution is -0.118. The van der Waals surface area contributed by atoms with Gasteiger partial charge in [0.1, 0.15) is 0 Å². The fourth-order valence-electron chi connectivity index (χ4n) is 3.07. The lowest BCUT2D eigenvalue weighted by atomic mass is 10.0. The SMILES string of the molecule is Cc1cc(C)c2nc(SCC(=O)NCCc3ccccc3)cc(C)c2c1. The van der Waals surface area contributed by atoms with E-state index in [1.165, 1.54) is 39.4 Å². The summed E-state index contributed by atoms with van der Waals surface area (Å²) in [5.74, 6) is 0.434. The molecule has 0 aliphatic rings. The molecule has 0 saturated carbocycles. The van der Waals surface area contributed by atoms with Crippen molar-refractivity contribution in [2.45, 2.75) is 32.2 Å². The zero-order valence-corrected chi connectivity index (χ0v) is 16.3. The van der Waals surface area contributed by atoms with Crippen LogP contribution in [0.25, 0.3) is 10.9 Å². The van der Waals surface area contributed by atoms with Crippen molar-refractivity contribution < 1.29 is 4.79 Å². The molecule has 3 aromatic rings. The second-order valence-corrected chi connectivity index (χ2v) is 7.63. The van der Waals surface area contributed by atoms with Gasteiger partial charge in [0.2, 0.25) is 5.91 Å². The molecule has 1 N–H and O–H groups in total. The number of rotatable bonds is 6. The zero-order valence-electron chi connectivity index (χ0n) is 15.5. The van der Waals surface area contributed by atoms with Crippen LogP contribution in [0.3, 0.4) is 0 Å². The normalized spacial score (nSPS) is 10.9. The van der Waals surface area contributed by atoms with Crippen LogP contribution in [-0.2, 0) is 11.2 Å². The number of carbonyl (C=O) groups is 1. The second-order valence-electron chi connectivity index (χ2n) is 6.63. The number of nitrogens with one attached hydrogen (secondary N) is 1. The number of fused-ring (bicyclic) bond motifs is 1. The van der Waals surface area contributed by atoms with Gasteiger partial charge in [-0.15, -0.1) is 0 Å². The average Bonchev–Trinajstić information content (AvgIpc) is 2.62. The fourth-order valence-corrected chi connectivity index (χ4v) is 3.87. The van der Waals surface area contributed by atoms with Gasteiger partial charge in [0.15, 0.2) is 0 Å². The standard InChI is InChI=1S/C22H24N2OS/c1-15-11-17(3)22-19(12-15)16(2)13-21(24-22)26-14-20(25)23-10-9-18-7-5-4-6-8-18/h4-8,11-13H,9-10,14H2,1-3H3,(H,23,25). The maximum Gasteiger partial charge on any atom is 0.230 e. The molecule has 3 nitrogen and oxygen atoms in total. The molecule has 134 valence electrons. The largest absolute Gasteiger partial charge is 0.355 e. The summed E-state index contributed by atoms with van der Waals surface area (Å²) in [6.45, 7) is 6.96. The van der Waals surface area contributed by atoms with Crippen molar-refractivity contribution in [1.82, 2.24) is 10.3 Å². The molecule has 0 fully saturated rings. The van der Waals surface area contributed by atoms with E-state index in [-0.39, 0.29) is 5.91 Å². The van der Waals surface area contributed by atoms with Crippen molar-refractivity contribution in [1.29, 1.82) is 0 Å². The summed E-state index contributed by atoms with van der Waals surface area (Å²) in [6.07, 6.45) is 0.850. The molecule has 1 amide bonds. The van der Waals surface area contributed by atoms with E-state index in [1.54, 1.807) is 0 Å². The van der Waals surface area contributed by atoms with Gasteiger partial charge in [-0.3, -0.25) is 4.79 Å². The number of amides is 1. The second kappa shape index (κ2) is 8.37. The van der Waals surface area contributed by atoms with E-state index in [9.17, 15) is 4.79 Å². The third-order valence-corrected chi connectivity index (χ3v) is 5.27. The van der Waals surface area contributed by atoms with Gasteiger partial charge in [0, 0.05) is 11.9 Å². The lowest BCUT2D eigenvalue weighted by Gasteiger charge is -2.10. The maximum absolute atomic E-state index is 12.1. The van der Waals surface area contributed by atoms with Crippen molar-refractivity contribution >= 4 is 28.6 Å². The van der Waals surface area contributed by atoms with Gasteiger partial charge in [-0.1, -0.05) is 53.7 Å². The highest BCUT2D eigenvalue weighted by molar-refractivity contribution is 7.99. The number of aromatic nitrogens is 1. The Kier molecular flexibility index (Phi) is 5.94. The minimum Gasteiger partial charge on any atom is -0.355 e. The highest BCUT2D eigenvalue weighted by Crippen LogP contribution is 2.26. The maximum atomic E-state index is 12.1. The van der Waals surface area contributed by atoms with Crippen LogP contribution in [0.5, 0.6) is 0 Å². The summed E-state index contributed by atoms with van der Waals surface area (Å²) in [5.41, 5.74) is 5.89. The Balaban J connectivity index is 1.58. The van der Waals surface area contributed by atoms with Crippen LogP contribution in [0.2, 0.25) is 0 Å². The summed E-state index contributed by atoms with van der Waals surface area (Å²) in [4.78, 5) is 16.9. The number of pyridine rings is 1. The van der Waals surface area contributed by atoms with Gasteiger partial charge >= 0.3 is 0 Å². The van der Waals surface area contributed by atoms with Crippen molar-refractivity contribution in [2.24, 2.45) is 0 Å². The number of hydrogen-bond acceptors (Lipinski definition) is 3.